The van der Waals surface area contributed by atoms with Crippen molar-refractivity contribution in [3.8, 4) is 6.07 Å². The molecular formula is C8H9N. The second kappa shape index (κ2) is 1.60. The van der Waals surface area contributed by atoms with Crippen LogP contribution in [-0.2, 0) is 0 Å². The lowest BCUT2D eigenvalue weighted by molar-refractivity contribution is 0.563. The Hall–Kier alpha value is -0.770. The number of allylic oxidation sites excluding steroid dienone is 2. The summed E-state index contributed by atoms with van der Waals surface area (Å²) in [6.45, 7) is 0. The number of hydrogen-bond acceptors (Lipinski definition) is 1. The van der Waals surface area contributed by atoms with Gasteiger partial charge in [0.2, 0.25) is 0 Å². The van der Waals surface area contributed by atoms with Crippen LogP contribution in [0, 0.1) is 29.1 Å². The first-order chi connectivity index (χ1) is 4.40. The Labute approximate surface area is 55.0 Å². The van der Waals surface area contributed by atoms with Crippen LogP contribution in [0.25, 0.3) is 0 Å². The molecule has 1 heteroatoms. The van der Waals surface area contributed by atoms with Gasteiger partial charge < -0.3 is 0 Å². The normalized spacial score (nSPS) is 45.4. The van der Waals surface area contributed by atoms with Gasteiger partial charge in [0.25, 0.3) is 0 Å². The van der Waals surface area contributed by atoms with E-state index in [1.165, 1.54) is 6.42 Å². The molecule has 9 heavy (non-hydrogen) atoms. The van der Waals surface area contributed by atoms with Gasteiger partial charge in [0, 0.05) is 0 Å². The molecule has 0 aromatic heterocycles. The lowest BCUT2D eigenvalue weighted by Gasteiger charge is -2.06. The lowest BCUT2D eigenvalue weighted by Crippen LogP contribution is -2.02. The maximum absolute atomic E-state index is 8.60. The largest absolute Gasteiger partial charge is 0.198 e. The maximum atomic E-state index is 8.60. The van der Waals surface area contributed by atoms with Crippen molar-refractivity contribution in [3.63, 3.8) is 0 Å². The highest BCUT2D eigenvalue weighted by Gasteiger charge is 2.35. The quantitative estimate of drug-likeness (QED) is 0.445. The number of fused-ring (bicyclic) bond motifs is 2. The monoisotopic (exact) mass is 119 g/mol. The van der Waals surface area contributed by atoms with Crippen LogP contribution < -0.4 is 0 Å². The summed E-state index contributed by atoms with van der Waals surface area (Å²) in [5, 5.41) is 8.60. The third-order valence-corrected chi connectivity index (χ3v) is 2.44. The van der Waals surface area contributed by atoms with Crippen molar-refractivity contribution in [1.82, 2.24) is 0 Å². The van der Waals surface area contributed by atoms with Crippen LogP contribution in [0.1, 0.15) is 12.8 Å². The van der Waals surface area contributed by atoms with Crippen molar-refractivity contribution in [2.45, 2.75) is 12.8 Å². The first-order valence-electron chi connectivity index (χ1n) is 3.48. The summed E-state index contributed by atoms with van der Waals surface area (Å²) in [7, 11) is 0. The molecule has 2 bridgehead atoms. The van der Waals surface area contributed by atoms with Crippen LogP contribution in [0.2, 0.25) is 0 Å². The van der Waals surface area contributed by atoms with E-state index in [4.69, 9.17) is 5.26 Å². The van der Waals surface area contributed by atoms with Crippen LogP contribution in [0.3, 0.4) is 0 Å². The van der Waals surface area contributed by atoms with E-state index in [9.17, 15) is 0 Å². The Morgan fingerprint density at radius 1 is 1.33 bits per heavy atom. The molecule has 0 amide bonds. The molecule has 46 valence electrons. The molecule has 0 spiro atoms. The third-order valence-electron chi connectivity index (χ3n) is 2.44. The molecule has 1 saturated carbocycles. The molecule has 0 N–H and O–H groups in total. The van der Waals surface area contributed by atoms with Crippen LogP contribution in [0.4, 0.5) is 0 Å². The molecule has 1 fully saturated rings. The van der Waals surface area contributed by atoms with Gasteiger partial charge in [-0.05, 0) is 24.7 Å². The van der Waals surface area contributed by atoms with E-state index in [-0.39, 0.29) is 0 Å². The maximum Gasteiger partial charge on any atom is 0.0662 e. The average molecular weight is 119 g/mol. The Morgan fingerprint density at radius 2 is 2.22 bits per heavy atom. The first kappa shape index (κ1) is 5.05. The van der Waals surface area contributed by atoms with Gasteiger partial charge in [-0.1, -0.05) is 12.2 Å². The van der Waals surface area contributed by atoms with Crippen LogP contribution in [-0.4, -0.2) is 0 Å². The van der Waals surface area contributed by atoms with Crippen LogP contribution >= 0.6 is 0 Å². The number of hydrogen-bond donors (Lipinski definition) is 0. The number of nitrogens with zero attached hydrogens (tertiary/aromatic N) is 1. The minimum Gasteiger partial charge on any atom is -0.198 e. The van der Waals surface area contributed by atoms with Crippen molar-refractivity contribution in [3.05, 3.63) is 12.2 Å². The summed E-state index contributed by atoms with van der Waals surface area (Å²) < 4.78 is 0. The van der Waals surface area contributed by atoms with Crippen LogP contribution in [0.15, 0.2) is 12.2 Å². The van der Waals surface area contributed by atoms with Crippen molar-refractivity contribution < 1.29 is 0 Å². The first-order valence-corrected chi connectivity index (χ1v) is 3.48. The SMILES string of the molecule is N#C[C@H]1C[C@H]2C=C[C@@H]1C2. The van der Waals surface area contributed by atoms with Gasteiger partial charge in [-0.25, -0.2) is 0 Å². The fourth-order valence-electron chi connectivity index (χ4n) is 1.93. The summed E-state index contributed by atoms with van der Waals surface area (Å²) in [5.74, 6) is 1.71. The summed E-state index contributed by atoms with van der Waals surface area (Å²) in [6.07, 6.45) is 6.84. The minimum atomic E-state index is 0.347. The summed E-state index contributed by atoms with van der Waals surface area (Å²) in [4.78, 5) is 0. The molecular weight excluding hydrogens is 110 g/mol. The van der Waals surface area contributed by atoms with Crippen molar-refractivity contribution in [1.29, 1.82) is 5.26 Å². The van der Waals surface area contributed by atoms with Gasteiger partial charge in [0.05, 0.1) is 12.0 Å². The zero-order valence-corrected chi connectivity index (χ0v) is 5.25. The molecule has 0 aromatic carbocycles. The van der Waals surface area contributed by atoms with Gasteiger partial charge in [-0.15, -0.1) is 0 Å². The fraction of sp³-hybridized carbons (Fsp3) is 0.625. The highest BCUT2D eigenvalue weighted by molar-refractivity contribution is 5.14. The molecule has 2 aliphatic carbocycles. The number of nitriles is 1. The van der Waals surface area contributed by atoms with Crippen molar-refractivity contribution in [2.24, 2.45) is 17.8 Å². The van der Waals surface area contributed by atoms with E-state index in [0.29, 0.717) is 11.8 Å². The smallest absolute Gasteiger partial charge is 0.0662 e. The Morgan fingerprint density at radius 3 is 2.56 bits per heavy atom. The van der Waals surface area contributed by atoms with Gasteiger partial charge in [0.15, 0.2) is 0 Å². The Balaban J connectivity index is 2.22. The molecule has 0 heterocycles. The molecule has 0 aromatic rings. The Bertz CT molecular complexity index is 187. The molecule has 0 unspecified atom stereocenters. The van der Waals surface area contributed by atoms with Crippen LogP contribution in [0.5, 0.6) is 0 Å². The zero-order valence-electron chi connectivity index (χ0n) is 5.25. The number of rotatable bonds is 0. The zero-order chi connectivity index (χ0) is 6.27. The van der Waals surface area contributed by atoms with E-state index in [2.05, 4.69) is 18.2 Å². The summed E-state index contributed by atoms with van der Waals surface area (Å²) in [6, 6.07) is 2.34. The second-order valence-electron chi connectivity index (χ2n) is 3.02. The molecule has 0 saturated heterocycles. The topological polar surface area (TPSA) is 23.8 Å². The molecule has 0 aliphatic heterocycles. The predicted octanol–water partition coefficient (Wildman–Crippen LogP) is 1.72. The third kappa shape index (κ3) is 0.595. The van der Waals surface area contributed by atoms with Gasteiger partial charge in [-0.3, -0.25) is 0 Å². The summed E-state index contributed by atoms with van der Waals surface area (Å²) in [5.41, 5.74) is 0. The molecule has 2 rings (SSSR count). The standard InChI is InChI=1S/C8H9N/c9-5-8-4-6-1-2-7(8)3-6/h1-2,6-8H,3-4H2/t6-,7+,8+/m0/s1. The van der Waals surface area contributed by atoms with E-state index in [0.717, 1.165) is 12.3 Å². The van der Waals surface area contributed by atoms with E-state index in [1.807, 2.05) is 0 Å². The van der Waals surface area contributed by atoms with Gasteiger partial charge in [-0.2, -0.15) is 5.26 Å². The predicted molar refractivity (Wildman–Crippen MR) is 34.5 cm³/mol. The van der Waals surface area contributed by atoms with E-state index >= 15 is 0 Å². The molecule has 3 atom stereocenters. The highest BCUT2D eigenvalue weighted by atomic mass is 14.4. The molecule has 0 radical (unpaired) electrons. The minimum absolute atomic E-state index is 0.347. The summed E-state index contributed by atoms with van der Waals surface area (Å²) >= 11 is 0. The van der Waals surface area contributed by atoms with Crippen molar-refractivity contribution in [2.75, 3.05) is 0 Å². The molecule has 1 nitrogen and oxygen atoms in total. The van der Waals surface area contributed by atoms with E-state index in [1.54, 1.807) is 0 Å². The second-order valence-corrected chi connectivity index (χ2v) is 3.02. The molecule has 2 aliphatic rings. The lowest BCUT2D eigenvalue weighted by atomic mass is 9.95. The average Bonchev–Trinajstić information content (AvgIpc) is 2.45. The van der Waals surface area contributed by atoms with E-state index < -0.39 is 0 Å². The van der Waals surface area contributed by atoms with Gasteiger partial charge in [0.1, 0.15) is 0 Å². The highest BCUT2D eigenvalue weighted by Crippen LogP contribution is 2.42. The van der Waals surface area contributed by atoms with Crippen molar-refractivity contribution >= 4 is 0 Å². The Kier molecular flexibility index (Phi) is 0.900. The van der Waals surface area contributed by atoms with Gasteiger partial charge >= 0.3 is 0 Å². The fourth-order valence-corrected chi connectivity index (χ4v) is 1.93.